The number of pyridine rings is 1. The quantitative estimate of drug-likeness (QED) is 0.646. The van der Waals surface area contributed by atoms with E-state index in [1.807, 2.05) is 49.6 Å². The van der Waals surface area contributed by atoms with E-state index in [1.54, 1.807) is 12.3 Å². The molecule has 0 bridgehead atoms. The van der Waals surface area contributed by atoms with Crippen molar-refractivity contribution in [2.24, 2.45) is 5.73 Å². The van der Waals surface area contributed by atoms with Gasteiger partial charge in [-0.1, -0.05) is 30.3 Å². The van der Waals surface area contributed by atoms with E-state index in [4.69, 9.17) is 5.73 Å². The summed E-state index contributed by atoms with van der Waals surface area (Å²) in [6, 6.07) is 11.4. The first-order valence-corrected chi connectivity index (χ1v) is 6.91. The molecule has 0 aliphatic carbocycles. The first-order chi connectivity index (χ1) is 10.7. The van der Waals surface area contributed by atoms with Crippen LogP contribution in [0, 0.1) is 0 Å². The van der Waals surface area contributed by atoms with Gasteiger partial charge in [0.15, 0.2) is 0 Å². The molecule has 2 heterocycles. The summed E-state index contributed by atoms with van der Waals surface area (Å²) in [6.07, 6.45) is 5.36. The number of fused-ring (bicyclic) bond motifs is 1. The van der Waals surface area contributed by atoms with Gasteiger partial charge in [-0.25, -0.2) is 4.98 Å². The zero-order valence-electron chi connectivity index (χ0n) is 12.1. The van der Waals surface area contributed by atoms with E-state index in [1.165, 1.54) is 0 Å². The fourth-order valence-electron chi connectivity index (χ4n) is 2.35. The van der Waals surface area contributed by atoms with Gasteiger partial charge in [0.05, 0.1) is 11.9 Å². The third-order valence-corrected chi connectivity index (χ3v) is 3.50. The number of hydrogen-bond acceptors (Lipinski definition) is 3. The summed E-state index contributed by atoms with van der Waals surface area (Å²) in [4.78, 5) is 19.2. The van der Waals surface area contributed by atoms with E-state index in [0.717, 1.165) is 27.8 Å². The zero-order valence-corrected chi connectivity index (χ0v) is 12.1. The van der Waals surface area contributed by atoms with E-state index in [9.17, 15) is 4.79 Å². The molecule has 5 nitrogen and oxygen atoms in total. The van der Waals surface area contributed by atoms with Crippen molar-refractivity contribution in [1.82, 2.24) is 9.97 Å². The second kappa shape index (κ2) is 5.73. The number of nitrogens with one attached hydrogen (secondary N) is 2. The molecule has 0 aliphatic heterocycles. The number of rotatable bonds is 4. The number of aromatic amines is 1. The second-order valence-corrected chi connectivity index (χ2v) is 4.90. The number of H-pyrrole nitrogens is 1. The molecule has 0 spiro atoms. The number of carbonyl (C=O) groups excluding carboxylic acids is 1. The monoisotopic (exact) mass is 292 g/mol. The van der Waals surface area contributed by atoms with Crippen molar-refractivity contribution in [2.45, 2.75) is 0 Å². The molecular formula is C17H16N4O. The zero-order chi connectivity index (χ0) is 15.5. The number of nitrogens with zero attached hydrogens (tertiary/aromatic N) is 1. The minimum atomic E-state index is -0.460. The molecule has 4 N–H and O–H groups in total. The lowest BCUT2D eigenvalue weighted by Gasteiger charge is -2.04. The molecule has 3 rings (SSSR count). The Labute approximate surface area is 127 Å². The fourth-order valence-corrected chi connectivity index (χ4v) is 2.35. The Kier molecular flexibility index (Phi) is 3.62. The maximum atomic E-state index is 11.8. The van der Waals surface area contributed by atoms with Crippen molar-refractivity contribution in [3.8, 4) is 0 Å². The summed E-state index contributed by atoms with van der Waals surface area (Å²) in [5.74, 6) is -0.460. The molecule has 1 amide bonds. The first kappa shape index (κ1) is 13.9. The van der Waals surface area contributed by atoms with E-state index in [-0.39, 0.29) is 0 Å². The molecule has 0 atom stereocenters. The maximum absolute atomic E-state index is 11.8. The van der Waals surface area contributed by atoms with Gasteiger partial charge in [0.2, 0.25) is 5.91 Å². The van der Waals surface area contributed by atoms with Crippen molar-refractivity contribution in [2.75, 3.05) is 12.4 Å². The highest BCUT2D eigenvalue weighted by molar-refractivity contribution is 6.24. The Morgan fingerprint density at radius 3 is 2.77 bits per heavy atom. The van der Waals surface area contributed by atoms with E-state index in [0.29, 0.717) is 5.57 Å². The predicted octanol–water partition coefficient (Wildman–Crippen LogP) is 2.63. The van der Waals surface area contributed by atoms with Crippen LogP contribution in [0.5, 0.6) is 0 Å². The highest BCUT2D eigenvalue weighted by atomic mass is 16.1. The number of aromatic nitrogens is 2. The minimum absolute atomic E-state index is 0.460. The topological polar surface area (TPSA) is 83.8 Å². The Hall–Kier alpha value is -3.08. The number of primary amides is 1. The van der Waals surface area contributed by atoms with Crippen molar-refractivity contribution >= 4 is 34.3 Å². The molecule has 22 heavy (non-hydrogen) atoms. The summed E-state index contributed by atoms with van der Waals surface area (Å²) >= 11 is 0. The Bertz CT molecular complexity index is 849. The summed E-state index contributed by atoms with van der Waals surface area (Å²) in [7, 11) is 1.84. The van der Waals surface area contributed by atoms with Crippen LogP contribution in [0.25, 0.3) is 22.7 Å². The maximum Gasteiger partial charge on any atom is 0.249 e. The van der Waals surface area contributed by atoms with Crippen LogP contribution in [0.15, 0.2) is 48.8 Å². The molecule has 0 fully saturated rings. The van der Waals surface area contributed by atoms with Crippen molar-refractivity contribution in [1.29, 1.82) is 0 Å². The summed E-state index contributed by atoms with van der Waals surface area (Å²) in [5, 5.41) is 3.99. The van der Waals surface area contributed by atoms with Crippen LogP contribution in [0.1, 0.15) is 11.1 Å². The standard InChI is InChI=1S/C17H16N4O/c1-19-13-8-15-12(9-20-17(15)21-10-13)7-14(16(18)22)11-5-3-2-4-6-11/h2-10,19H,1H3,(H2,18,22)(H,20,21)/b14-7+. The molecule has 110 valence electrons. The number of anilines is 1. The lowest BCUT2D eigenvalue weighted by atomic mass is 10.0. The van der Waals surface area contributed by atoms with Gasteiger partial charge in [-0.15, -0.1) is 0 Å². The van der Waals surface area contributed by atoms with Crippen LogP contribution in [0.2, 0.25) is 0 Å². The lowest BCUT2D eigenvalue weighted by Crippen LogP contribution is -2.12. The van der Waals surface area contributed by atoms with Gasteiger partial charge in [-0.3, -0.25) is 4.79 Å². The normalized spacial score (nSPS) is 11.6. The second-order valence-electron chi connectivity index (χ2n) is 4.90. The molecular weight excluding hydrogens is 276 g/mol. The van der Waals surface area contributed by atoms with Crippen LogP contribution in [-0.2, 0) is 4.79 Å². The van der Waals surface area contributed by atoms with Gasteiger partial charge in [0, 0.05) is 29.8 Å². The molecule has 0 saturated carbocycles. The number of amides is 1. The summed E-state index contributed by atoms with van der Waals surface area (Å²) in [6.45, 7) is 0. The first-order valence-electron chi connectivity index (χ1n) is 6.91. The van der Waals surface area contributed by atoms with Crippen LogP contribution in [-0.4, -0.2) is 22.9 Å². The van der Waals surface area contributed by atoms with E-state index in [2.05, 4.69) is 15.3 Å². The highest BCUT2D eigenvalue weighted by Crippen LogP contribution is 2.25. The van der Waals surface area contributed by atoms with Gasteiger partial charge in [-0.05, 0) is 17.7 Å². The smallest absolute Gasteiger partial charge is 0.249 e. The fraction of sp³-hybridized carbons (Fsp3) is 0.0588. The molecule has 2 aromatic heterocycles. The molecule has 3 aromatic rings. The van der Waals surface area contributed by atoms with E-state index >= 15 is 0 Å². The van der Waals surface area contributed by atoms with Gasteiger partial charge < -0.3 is 16.0 Å². The van der Waals surface area contributed by atoms with Crippen molar-refractivity contribution < 1.29 is 4.79 Å². The Balaban J connectivity index is 2.14. The number of benzene rings is 1. The largest absolute Gasteiger partial charge is 0.387 e. The molecule has 0 saturated heterocycles. The number of hydrogen-bond donors (Lipinski definition) is 3. The van der Waals surface area contributed by atoms with E-state index < -0.39 is 5.91 Å². The third-order valence-electron chi connectivity index (χ3n) is 3.50. The average Bonchev–Trinajstić information content (AvgIpc) is 2.95. The van der Waals surface area contributed by atoms with Gasteiger partial charge in [0.25, 0.3) is 0 Å². The molecule has 5 heteroatoms. The molecule has 0 radical (unpaired) electrons. The lowest BCUT2D eigenvalue weighted by molar-refractivity contribution is -0.112. The van der Waals surface area contributed by atoms with Crippen LogP contribution < -0.4 is 11.1 Å². The summed E-state index contributed by atoms with van der Waals surface area (Å²) in [5.41, 5.74) is 9.35. The number of carbonyl (C=O) groups is 1. The van der Waals surface area contributed by atoms with Crippen LogP contribution >= 0.6 is 0 Å². The van der Waals surface area contributed by atoms with Crippen molar-refractivity contribution in [3.63, 3.8) is 0 Å². The average molecular weight is 292 g/mol. The minimum Gasteiger partial charge on any atom is -0.387 e. The summed E-state index contributed by atoms with van der Waals surface area (Å²) < 4.78 is 0. The predicted molar refractivity (Wildman–Crippen MR) is 89.1 cm³/mol. The van der Waals surface area contributed by atoms with Gasteiger partial charge in [0.1, 0.15) is 5.65 Å². The molecule has 0 aliphatic rings. The third kappa shape index (κ3) is 2.56. The van der Waals surface area contributed by atoms with Gasteiger partial charge in [-0.2, -0.15) is 0 Å². The van der Waals surface area contributed by atoms with Crippen LogP contribution in [0.4, 0.5) is 5.69 Å². The van der Waals surface area contributed by atoms with Crippen molar-refractivity contribution in [3.05, 3.63) is 59.9 Å². The molecule has 1 aromatic carbocycles. The molecule has 0 unspecified atom stereocenters. The highest BCUT2D eigenvalue weighted by Gasteiger charge is 2.10. The SMILES string of the molecule is CNc1cnc2[nH]cc(/C=C(/C(N)=O)c3ccccc3)c2c1. The Morgan fingerprint density at radius 2 is 2.09 bits per heavy atom. The van der Waals surface area contributed by atoms with Crippen LogP contribution in [0.3, 0.4) is 0 Å². The Morgan fingerprint density at radius 1 is 1.32 bits per heavy atom. The number of nitrogens with two attached hydrogens (primary N) is 1. The van der Waals surface area contributed by atoms with Gasteiger partial charge >= 0.3 is 0 Å².